The van der Waals surface area contributed by atoms with Crippen molar-refractivity contribution in [1.82, 2.24) is 9.80 Å². The Balaban J connectivity index is 2.10. The van der Waals surface area contributed by atoms with Gasteiger partial charge >= 0.3 is 0 Å². The summed E-state index contributed by atoms with van der Waals surface area (Å²) in [4.78, 5) is 29.6. The standard InChI is InChI=1S/C21H32N2O2/c1-15-14-22(21(5,6)7)12-13-23(15)19(25)17-10-8-16(9-11-17)18(24)20(2,3)4/h8-11,15H,12-14H2,1-7H3. The Morgan fingerprint density at radius 2 is 1.44 bits per heavy atom. The first-order chi connectivity index (χ1) is 11.4. The Labute approximate surface area is 152 Å². The minimum absolute atomic E-state index is 0.0517. The highest BCUT2D eigenvalue weighted by Gasteiger charge is 2.32. The molecule has 25 heavy (non-hydrogen) atoms. The second kappa shape index (κ2) is 6.91. The molecule has 1 fully saturated rings. The monoisotopic (exact) mass is 344 g/mol. The van der Waals surface area contributed by atoms with E-state index in [1.807, 2.05) is 25.7 Å². The van der Waals surface area contributed by atoms with Gasteiger partial charge in [0.25, 0.3) is 5.91 Å². The summed E-state index contributed by atoms with van der Waals surface area (Å²) in [5.74, 6) is 0.148. The zero-order valence-electron chi connectivity index (χ0n) is 16.7. The fourth-order valence-corrected chi connectivity index (χ4v) is 3.23. The first-order valence-electron chi connectivity index (χ1n) is 9.12. The van der Waals surface area contributed by atoms with Gasteiger partial charge in [-0.3, -0.25) is 14.5 Å². The highest BCUT2D eigenvalue weighted by atomic mass is 16.2. The first-order valence-corrected chi connectivity index (χ1v) is 9.12. The van der Waals surface area contributed by atoms with Crippen LogP contribution in [0.2, 0.25) is 0 Å². The van der Waals surface area contributed by atoms with E-state index in [1.54, 1.807) is 24.3 Å². The molecule has 0 bridgehead atoms. The third-order valence-corrected chi connectivity index (χ3v) is 4.91. The normalized spacial score (nSPS) is 19.8. The number of ketones is 1. The summed E-state index contributed by atoms with van der Waals surface area (Å²) in [5, 5.41) is 0. The molecule has 1 aliphatic rings. The van der Waals surface area contributed by atoms with Crippen molar-refractivity contribution in [1.29, 1.82) is 0 Å². The van der Waals surface area contributed by atoms with Crippen molar-refractivity contribution >= 4 is 11.7 Å². The molecular weight excluding hydrogens is 312 g/mol. The fraction of sp³-hybridized carbons (Fsp3) is 0.619. The number of rotatable bonds is 2. The second-order valence-electron chi connectivity index (χ2n) is 9.12. The number of carbonyl (C=O) groups excluding carboxylic acids is 2. The molecule has 2 rings (SSSR count). The van der Waals surface area contributed by atoms with Crippen LogP contribution in [0.15, 0.2) is 24.3 Å². The summed E-state index contributed by atoms with van der Waals surface area (Å²) < 4.78 is 0. The van der Waals surface area contributed by atoms with E-state index >= 15 is 0 Å². The van der Waals surface area contributed by atoms with Crippen LogP contribution in [0.5, 0.6) is 0 Å². The second-order valence-corrected chi connectivity index (χ2v) is 9.12. The van der Waals surface area contributed by atoms with Gasteiger partial charge in [0.15, 0.2) is 5.78 Å². The van der Waals surface area contributed by atoms with E-state index < -0.39 is 5.41 Å². The van der Waals surface area contributed by atoms with E-state index in [0.717, 1.165) is 19.6 Å². The largest absolute Gasteiger partial charge is 0.333 e. The smallest absolute Gasteiger partial charge is 0.254 e. The van der Waals surface area contributed by atoms with E-state index in [4.69, 9.17) is 0 Å². The molecule has 1 aromatic carbocycles. The van der Waals surface area contributed by atoms with E-state index in [1.165, 1.54) is 0 Å². The predicted molar refractivity (Wildman–Crippen MR) is 102 cm³/mol. The van der Waals surface area contributed by atoms with Gasteiger partial charge in [-0.2, -0.15) is 0 Å². The molecular formula is C21H32N2O2. The molecule has 0 N–H and O–H groups in total. The predicted octanol–water partition coefficient (Wildman–Crippen LogP) is 3.86. The number of benzene rings is 1. The number of nitrogens with zero attached hydrogens (tertiary/aromatic N) is 2. The zero-order chi connectivity index (χ0) is 19.0. The van der Waals surface area contributed by atoms with Gasteiger partial charge in [0.1, 0.15) is 0 Å². The number of hydrogen-bond donors (Lipinski definition) is 0. The summed E-state index contributed by atoms with van der Waals surface area (Å²) >= 11 is 0. The number of Topliss-reactive ketones (excluding diaryl/α,β-unsaturated/α-hetero) is 1. The maximum Gasteiger partial charge on any atom is 0.254 e. The minimum atomic E-state index is -0.413. The molecule has 0 spiro atoms. The van der Waals surface area contributed by atoms with Gasteiger partial charge in [-0.15, -0.1) is 0 Å². The van der Waals surface area contributed by atoms with Gasteiger partial charge in [0.05, 0.1) is 0 Å². The number of carbonyl (C=O) groups is 2. The molecule has 0 saturated carbocycles. The Morgan fingerprint density at radius 1 is 0.920 bits per heavy atom. The number of amides is 1. The molecule has 4 nitrogen and oxygen atoms in total. The van der Waals surface area contributed by atoms with Crippen molar-refractivity contribution in [2.45, 2.75) is 60.0 Å². The third-order valence-electron chi connectivity index (χ3n) is 4.91. The summed E-state index contributed by atoms with van der Waals surface area (Å²) in [6.07, 6.45) is 0. The van der Waals surface area contributed by atoms with Crippen molar-refractivity contribution in [2.24, 2.45) is 5.41 Å². The quantitative estimate of drug-likeness (QED) is 0.765. The number of hydrogen-bond acceptors (Lipinski definition) is 3. The molecule has 0 radical (unpaired) electrons. The van der Waals surface area contributed by atoms with Gasteiger partial charge in [0.2, 0.25) is 0 Å². The van der Waals surface area contributed by atoms with Crippen LogP contribution in [-0.2, 0) is 0 Å². The molecule has 1 atom stereocenters. The van der Waals surface area contributed by atoms with Crippen molar-refractivity contribution in [3.05, 3.63) is 35.4 Å². The lowest BCUT2D eigenvalue weighted by atomic mass is 9.86. The van der Waals surface area contributed by atoms with Crippen LogP contribution in [0.4, 0.5) is 0 Å². The Hall–Kier alpha value is -1.68. The molecule has 0 aromatic heterocycles. The van der Waals surface area contributed by atoms with Crippen LogP contribution >= 0.6 is 0 Å². The van der Waals surface area contributed by atoms with Crippen molar-refractivity contribution in [3.8, 4) is 0 Å². The van der Waals surface area contributed by atoms with Crippen LogP contribution in [0.25, 0.3) is 0 Å². The molecule has 1 amide bonds. The molecule has 138 valence electrons. The molecule has 1 heterocycles. The fourth-order valence-electron chi connectivity index (χ4n) is 3.23. The Morgan fingerprint density at radius 3 is 1.88 bits per heavy atom. The van der Waals surface area contributed by atoms with Gasteiger partial charge < -0.3 is 4.90 Å². The molecule has 4 heteroatoms. The Kier molecular flexibility index (Phi) is 5.43. The topological polar surface area (TPSA) is 40.6 Å². The maximum atomic E-state index is 12.9. The molecule has 1 aliphatic heterocycles. The molecule has 1 saturated heterocycles. The van der Waals surface area contributed by atoms with E-state index in [9.17, 15) is 9.59 Å². The third kappa shape index (κ3) is 4.49. The summed E-state index contributed by atoms with van der Waals surface area (Å²) in [5.41, 5.74) is 1.03. The SMILES string of the molecule is CC1CN(C(C)(C)C)CCN1C(=O)c1ccc(C(=O)C(C)(C)C)cc1. The zero-order valence-corrected chi connectivity index (χ0v) is 16.7. The lowest BCUT2D eigenvalue weighted by Gasteiger charge is -2.45. The Bertz CT molecular complexity index is 635. The van der Waals surface area contributed by atoms with Gasteiger partial charge in [-0.1, -0.05) is 32.9 Å². The van der Waals surface area contributed by atoms with Crippen LogP contribution in [-0.4, -0.2) is 52.7 Å². The molecule has 1 aromatic rings. The molecule has 0 aliphatic carbocycles. The highest BCUT2D eigenvalue weighted by Crippen LogP contribution is 2.23. The van der Waals surface area contributed by atoms with Crippen molar-refractivity contribution in [2.75, 3.05) is 19.6 Å². The lowest BCUT2D eigenvalue weighted by molar-refractivity contribution is 0.0241. The summed E-state index contributed by atoms with van der Waals surface area (Å²) in [7, 11) is 0. The van der Waals surface area contributed by atoms with Crippen molar-refractivity contribution in [3.63, 3.8) is 0 Å². The summed E-state index contributed by atoms with van der Waals surface area (Å²) in [6, 6.07) is 7.29. The van der Waals surface area contributed by atoms with Gasteiger partial charge in [-0.05, 0) is 39.8 Å². The van der Waals surface area contributed by atoms with Gasteiger partial charge in [-0.25, -0.2) is 0 Å². The van der Waals surface area contributed by atoms with Crippen LogP contribution in [0, 0.1) is 5.41 Å². The van der Waals surface area contributed by atoms with E-state index in [-0.39, 0.29) is 23.3 Å². The first kappa shape index (κ1) is 19.6. The molecule has 1 unspecified atom stereocenters. The minimum Gasteiger partial charge on any atom is -0.333 e. The average molecular weight is 344 g/mol. The van der Waals surface area contributed by atoms with E-state index in [2.05, 4.69) is 32.6 Å². The van der Waals surface area contributed by atoms with Crippen LogP contribution < -0.4 is 0 Å². The maximum absolute atomic E-state index is 12.9. The lowest BCUT2D eigenvalue weighted by Crippen LogP contribution is -2.58. The van der Waals surface area contributed by atoms with Crippen LogP contribution in [0.3, 0.4) is 0 Å². The summed E-state index contributed by atoms with van der Waals surface area (Å²) in [6.45, 7) is 17.0. The van der Waals surface area contributed by atoms with E-state index in [0.29, 0.717) is 11.1 Å². The number of piperazine rings is 1. The highest BCUT2D eigenvalue weighted by molar-refractivity contribution is 6.01. The van der Waals surface area contributed by atoms with Gasteiger partial charge in [0, 0.05) is 47.8 Å². The van der Waals surface area contributed by atoms with Crippen LogP contribution in [0.1, 0.15) is 69.2 Å². The average Bonchev–Trinajstić information content (AvgIpc) is 2.52. The van der Waals surface area contributed by atoms with Crippen molar-refractivity contribution < 1.29 is 9.59 Å².